The Morgan fingerprint density at radius 1 is 1.38 bits per heavy atom. The zero-order valence-electron chi connectivity index (χ0n) is 12.1. The van der Waals surface area contributed by atoms with Crippen LogP contribution in [-0.2, 0) is 6.54 Å². The zero-order chi connectivity index (χ0) is 15.5. The fourth-order valence-electron chi connectivity index (χ4n) is 2.04. The molecule has 0 aliphatic heterocycles. The molecule has 0 bridgehead atoms. The lowest BCUT2D eigenvalue weighted by atomic mass is 9.98. The molecule has 0 saturated carbocycles. The van der Waals surface area contributed by atoms with Crippen LogP contribution in [-0.4, -0.2) is 30.4 Å². The number of nitrogens with zero attached hydrogens (tertiary/aromatic N) is 4. The molecular weight excluding hydrogens is 272 g/mol. The Bertz CT molecular complexity index is 635. The second-order valence-corrected chi connectivity index (χ2v) is 5.00. The van der Waals surface area contributed by atoms with Crippen molar-refractivity contribution in [1.29, 1.82) is 0 Å². The quantitative estimate of drug-likeness (QED) is 0.651. The number of non-ortho nitro benzene ring substituents is 1. The topological polar surface area (TPSA) is 94.1 Å². The first-order valence-corrected chi connectivity index (χ1v) is 6.84. The van der Waals surface area contributed by atoms with E-state index in [-0.39, 0.29) is 5.69 Å². The molecule has 1 N–H and O–H groups in total. The van der Waals surface area contributed by atoms with E-state index in [0.717, 1.165) is 0 Å². The standard InChI is InChI=1S/C14H18N4O3/c1-3-14(19,4-2)9-17-10-15-13(16-17)11-6-5-7-12(8-11)18(20)21/h5-8,10,19H,3-4,9H2,1-2H3. The highest BCUT2D eigenvalue weighted by Gasteiger charge is 2.23. The van der Waals surface area contributed by atoms with E-state index in [2.05, 4.69) is 10.1 Å². The van der Waals surface area contributed by atoms with Crippen LogP contribution in [0.25, 0.3) is 11.4 Å². The van der Waals surface area contributed by atoms with Crippen LogP contribution in [0.15, 0.2) is 30.6 Å². The molecule has 0 unspecified atom stereocenters. The SMILES string of the molecule is CCC(O)(CC)Cn1cnc(-c2cccc([N+](=O)[O-])c2)n1. The molecule has 1 heterocycles. The first kappa shape index (κ1) is 15.1. The van der Waals surface area contributed by atoms with E-state index in [1.807, 2.05) is 13.8 Å². The average molecular weight is 290 g/mol. The van der Waals surface area contributed by atoms with E-state index in [0.29, 0.717) is 30.8 Å². The van der Waals surface area contributed by atoms with Gasteiger partial charge >= 0.3 is 0 Å². The van der Waals surface area contributed by atoms with Crippen molar-refractivity contribution in [2.75, 3.05) is 0 Å². The molecule has 0 aliphatic carbocycles. The van der Waals surface area contributed by atoms with Gasteiger partial charge < -0.3 is 5.11 Å². The van der Waals surface area contributed by atoms with Crippen LogP contribution in [0, 0.1) is 10.1 Å². The smallest absolute Gasteiger partial charge is 0.270 e. The highest BCUT2D eigenvalue weighted by Crippen LogP contribution is 2.22. The average Bonchev–Trinajstić information content (AvgIpc) is 2.95. The summed E-state index contributed by atoms with van der Waals surface area (Å²) in [5.41, 5.74) is -0.227. The number of nitro groups is 1. The number of nitro benzene ring substituents is 1. The summed E-state index contributed by atoms with van der Waals surface area (Å²) in [4.78, 5) is 14.5. The summed E-state index contributed by atoms with van der Waals surface area (Å²) in [5.74, 6) is 0.410. The fourth-order valence-corrected chi connectivity index (χ4v) is 2.04. The van der Waals surface area contributed by atoms with Gasteiger partial charge in [0.2, 0.25) is 0 Å². The second kappa shape index (κ2) is 6.01. The largest absolute Gasteiger partial charge is 0.388 e. The van der Waals surface area contributed by atoms with E-state index in [1.165, 1.54) is 18.5 Å². The maximum absolute atomic E-state index is 10.8. The van der Waals surface area contributed by atoms with Crippen molar-refractivity contribution < 1.29 is 10.0 Å². The van der Waals surface area contributed by atoms with Gasteiger partial charge in [-0.25, -0.2) is 9.67 Å². The van der Waals surface area contributed by atoms with Crippen molar-refractivity contribution in [3.63, 3.8) is 0 Å². The Morgan fingerprint density at radius 3 is 2.71 bits per heavy atom. The maximum atomic E-state index is 10.8. The highest BCUT2D eigenvalue weighted by molar-refractivity contribution is 5.58. The molecule has 1 aromatic heterocycles. The van der Waals surface area contributed by atoms with E-state index >= 15 is 0 Å². The summed E-state index contributed by atoms with van der Waals surface area (Å²) in [7, 11) is 0. The van der Waals surface area contributed by atoms with Gasteiger partial charge in [0.05, 0.1) is 17.1 Å². The summed E-state index contributed by atoms with van der Waals surface area (Å²) in [6.45, 7) is 4.19. The Hall–Kier alpha value is -2.28. The van der Waals surface area contributed by atoms with Gasteiger partial charge in [0.15, 0.2) is 5.82 Å². The lowest BCUT2D eigenvalue weighted by Crippen LogP contribution is -2.32. The Balaban J connectivity index is 2.24. The molecule has 1 aromatic carbocycles. The Morgan fingerprint density at radius 2 is 2.10 bits per heavy atom. The van der Waals surface area contributed by atoms with Crippen molar-refractivity contribution >= 4 is 5.69 Å². The fraction of sp³-hybridized carbons (Fsp3) is 0.429. The molecule has 0 aliphatic rings. The third-order valence-electron chi connectivity index (χ3n) is 3.62. The second-order valence-electron chi connectivity index (χ2n) is 5.00. The van der Waals surface area contributed by atoms with Crippen LogP contribution in [0.2, 0.25) is 0 Å². The molecule has 0 amide bonds. The minimum absolute atomic E-state index is 0.00229. The van der Waals surface area contributed by atoms with Crippen LogP contribution < -0.4 is 0 Å². The molecule has 0 atom stereocenters. The van der Waals surface area contributed by atoms with Crippen LogP contribution in [0.3, 0.4) is 0 Å². The summed E-state index contributed by atoms with van der Waals surface area (Å²) in [6.07, 6.45) is 2.77. The monoisotopic (exact) mass is 290 g/mol. The molecule has 112 valence electrons. The van der Waals surface area contributed by atoms with Gasteiger partial charge in [-0.15, -0.1) is 0 Å². The number of aromatic nitrogens is 3. The van der Waals surface area contributed by atoms with Crippen molar-refractivity contribution in [1.82, 2.24) is 14.8 Å². The summed E-state index contributed by atoms with van der Waals surface area (Å²) >= 11 is 0. The van der Waals surface area contributed by atoms with Gasteiger partial charge in [0.1, 0.15) is 6.33 Å². The van der Waals surface area contributed by atoms with E-state index < -0.39 is 10.5 Å². The number of rotatable bonds is 6. The van der Waals surface area contributed by atoms with Crippen LogP contribution in [0.4, 0.5) is 5.69 Å². The molecule has 2 rings (SSSR count). The predicted octanol–water partition coefficient (Wildman–Crippen LogP) is 2.40. The van der Waals surface area contributed by atoms with Gasteiger partial charge in [-0.3, -0.25) is 10.1 Å². The van der Waals surface area contributed by atoms with E-state index in [9.17, 15) is 15.2 Å². The molecule has 0 spiro atoms. The molecule has 21 heavy (non-hydrogen) atoms. The zero-order valence-corrected chi connectivity index (χ0v) is 12.1. The van der Waals surface area contributed by atoms with Gasteiger partial charge in [-0.2, -0.15) is 5.10 Å². The molecule has 0 radical (unpaired) electrons. The van der Waals surface area contributed by atoms with Gasteiger partial charge in [-0.1, -0.05) is 26.0 Å². The lowest BCUT2D eigenvalue weighted by Gasteiger charge is -2.24. The maximum Gasteiger partial charge on any atom is 0.270 e. The third-order valence-corrected chi connectivity index (χ3v) is 3.62. The Kier molecular flexibility index (Phi) is 4.32. The van der Waals surface area contributed by atoms with Crippen LogP contribution >= 0.6 is 0 Å². The normalized spacial score (nSPS) is 11.6. The van der Waals surface area contributed by atoms with Crippen LogP contribution in [0.5, 0.6) is 0 Å². The first-order valence-electron chi connectivity index (χ1n) is 6.84. The summed E-state index contributed by atoms with van der Waals surface area (Å²) < 4.78 is 1.57. The van der Waals surface area contributed by atoms with Crippen molar-refractivity contribution in [2.45, 2.75) is 38.8 Å². The van der Waals surface area contributed by atoms with Gasteiger partial charge in [-0.05, 0) is 12.8 Å². The number of hydrogen-bond acceptors (Lipinski definition) is 5. The number of aliphatic hydroxyl groups is 1. The van der Waals surface area contributed by atoms with E-state index in [1.54, 1.807) is 16.8 Å². The summed E-state index contributed by atoms with van der Waals surface area (Å²) in [6, 6.07) is 6.18. The predicted molar refractivity (Wildman–Crippen MR) is 77.6 cm³/mol. The first-order chi connectivity index (χ1) is 9.97. The van der Waals surface area contributed by atoms with Crippen molar-refractivity contribution in [2.24, 2.45) is 0 Å². The van der Waals surface area contributed by atoms with Crippen molar-refractivity contribution in [3.8, 4) is 11.4 Å². The molecule has 7 heteroatoms. The minimum Gasteiger partial charge on any atom is -0.388 e. The Labute approximate surface area is 122 Å². The third kappa shape index (κ3) is 3.43. The lowest BCUT2D eigenvalue weighted by molar-refractivity contribution is -0.384. The highest BCUT2D eigenvalue weighted by atomic mass is 16.6. The minimum atomic E-state index is -0.812. The van der Waals surface area contributed by atoms with Crippen LogP contribution in [0.1, 0.15) is 26.7 Å². The molecule has 2 aromatic rings. The van der Waals surface area contributed by atoms with Gasteiger partial charge in [0, 0.05) is 17.7 Å². The molecular formula is C14H18N4O3. The number of benzene rings is 1. The summed E-state index contributed by atoms with van der Waals surface area (Å²) in [5, 5.41) is 25.4. The molecule has 7 nitrogen and oxygen atoms in total. The molecule has 0 saturated heterocycles. The number of hydrogen-bond donors (Lipinski definition) is 1. The molecule has 0 fully saturated rings. The van der Waals surface area contributed by atoms with Gasteiger partial charge in [0.25, 0.3) is 5.69 Å². The van der Waals surface area contributed by atoms with Crippen molar-refractivity contribution in [3.05, 3.63) is 40.7 Å². The van der Waals surface area contributed by atoms with E-state index in [4.69, 9.17) is 0 Å².